The molecule has 0 unspecified atom stereocenters. The standard InChI is InChI=1S/C17H18FN3O3S/c1-11-2-5-16(25-11)17(22)19-12-6-8-20(9-7-12)15-4-3-13(21(23)24)10-14(15)18/h2-5,10,12H,6-9H2,1H3,(H,19,22). The zero-order valence-electron chi connectivity index (χ0n) is 13.7. The van der Waals surface area contributed by atoms with Gasteiger partial charge in [0.1, 0.15) is 0 Å². The van der Waals surface area contributed by atoms with E-state index in [1.807, 2.05) is 24.0 Å². The molecule has 1 N–H and O–H groups in total. The first-order valence-electron chi connectivity index (χ1n) is 8.00. The number of benzene rings is 1. The van der Waals surface area contributed by atoms with Crippen molar-refractivity contribution in [2.75, 3.05) is 18.0 Å². The average Bonchev–Trinajstić information content (AvgIpc) is 3.02. The van der Waals surface area contributed by atoms with Crippen LogP contribution in [0.5, 0.6) is 0 Å². The first-order chi connectivity index (χ1) is 11.9. The van der Waals surface area contributed by atoms with Gasteiger partial charge in [-0.1, -0.05) is 0 Å². The zero-order valence-corrected chi connectivity index (χ0v) is 14.5. The molecule has 1 aromatic carbocycles. The van der Waals surface area contributed by atoms with Crippen molar-refractivity contribution in [3.63, 3.8) is 0 Å². The van der Waals surface area contributed by atoms with Crippen LogP contribution in [0.3, 0.4) is 0 Å². The lowest BCUT2D eigenvalue weighted by Gasteiger charge is -2.34. The summed E-state index contributed by atoms with van der Waals surface area (Å²) in [5.41, 5.74) is 0.110. The predicted molar refractivity (Wildman–Crippen MR) is 94.8 cm³/mol. The quantitative estimate of drug-likeness (QED) is 0.666. The summed E-state index contributed by atoms with van der Waals surface area (Å²) in [4.78, 5) is 25.9. The van der Waals surface area contributed by atoms with Gasteiger partial charge in [-0.05, 0) is 38.0 Å². The van der Waals surface area contributed by atoms with Crippen LogP contribution in [0.15, 0.2) is 30.3 Å². The third-order valence-electron chi connectivity index (χ3n) is 4.28. The number of piperidine rings is 1. The number of rotatable bonds is 4. The number of hydrogen-bond donors (Lipinski definition) is 1. The molecule has 0 atom stereocenters. The number of nitro groups is 1. The number of carbonyl (C=O) groups is 1. The van der Waals surface area contributed by atoms with E-state index in [2.05, 4.69) is 5.32 Å². The summed E-state index contributed by atoms with van der Waals surface area (Å²) in [6.07, 6.45) is 1.40. The highest BCUT2D eigenvalue weighted by molar-refractivity contribution is 7.13. The second-order valence-corrected chi connectivity index (χ2v) is 7.33. The number of thiophene rings is 1. The number of aryl methyl sites for hydroxylation is 1. The molecule has 132 valence electrons. The topological polar surface area (TPSA) is 75.5 Å². The summed E-state index contributed by atoms with van der Waals surface area (Å²) < 4.78 is 14.1. The molecule has 2 heterocycles. The van der Waals surface area contributed by atoms with Gasteiger partial charge < -0.3 is 10.2 Å². The average molecular weight is 363 g/mol. The molecule has 25 heavy (non-hydrogen) atoms. The highest BCUT2D eigenvalue weighted by Crippen LogP contribution is 2.27. The first kappa shape index (κ1) is 17.3. The van der Waals surface area contributed by atoms with E-state index in [1.165, 1.54) is 23.5 Å². The molecule has 3 rings (SSSR count). The van der Waals surface area contributed by atoms with Crippen LogP contribution in [0.1, 0.15) is 27.4 Å². The Kier molecular flexibility index (Phi) is 4.98. The minimum atomic E-state index is -0.610. The van der Waals surface area contributed by atoms with Gasteiger partial charge in [0.25, 0.3) is 11.6 Å². The Balaban J connectivity index is 1.58. The monoisotopic (exact) mass is 363 g/mol. The van der Waals surface area contributed by atoms with Gasteiger partial charge in [-0.2, -0.15) is 0 Å². The lowest BCUT2D eigenvalue weighted by molar-refractivity contribution is -0.385. The normalized spacial score (nSPS) is 15.2. The number of amides is 1. The van der Waals surface area contributed by atoms with Gasteiger partial charge in [0.15, 0.2) is 5.82 Å². The molecule has 0 saturated carbocycles. The van der Waals surface area contributed by atoms with E-state index in [1.54, 1.807) is 0 Å². The van der Waals surface area contributed by atoms with Crippen LogP contribution in [0.25, 0.3) is 0 Å². The van der Waals surface area contributed by atoms with Gasteiger partial charge in [0, 0.05) is 30.1 Å². The molecule has 1 saturated heterocycles. The number of non-ortho nitro benzene ring substituents is 1. The van der Waals surface area contributed by atoms with E-state index in [9.17, 15) is 19.3 Å². The summed E-state index contributed by atoms with van der Waals surface area (Å²) in [5, 5.41) is 13.7. The second kappa shape index (κ2) is 7.18. The van der Waals surface area contributed by atoms with Crippen molar-refractivity contribution < 1.29 is 14.1 Å². The summed E-state index contributed by atoms with van der Waals surface area (Å²) in [6, 6.07) is 7.48. The Bertz CT molecular complexity index is 800. The zero-order chi connectivity index (χ0) is 18.0. The number of carbonyl (C=O) groups excluding carboxylic acids is 1. The molecule has 1 aromatic heterocycles. The van der Waals surface area contributed by atoms with Crippen LogP contribution in [-0.2, 0) is 0 Å². The van der Waals surface area contributed by atoms with Crippen molar-refractivity contribution in [1.29, 1.82) is 0 Å². The van der Waals surface area contributed by atoms with Gasteiger partial charge >= 0.3 is 0 Å². The number of hydrogen-bond acceptors (Lipinski definition) is 5. The van der Waals surface area contributed by atoms with Crippen molar-refractivity contribution in [2.45, 2.75) is 25.8 Å². The van der Waals surface area contributed by atoms with Crippen molar-refractivity contribution in [2.24, 2.45) is 0 Å². The lowest BCUT2D eigenvalue weighted by atomic mass is 10.0. The van der Waals surface area contributed by atoms with Crippen LogP contribution >= 0.6 is 11.3 Å². The van der Waals surface area contributed by atoms with E-state index in [-0.39, 0.29) is 17.6 Å². The predicted octanol–water partition coefficient (Wildman–Crippen LogP) is 3.50. The number of nitrogens with zero attached hydrogens (tertiary/aromatic N) is 2. The maximum Gasteiger partial charge on any atom is 0.272 e. The molecular weight excluding hydrogens is 345 g/mol. The minimum Gasteiger partial charge on any atom is -0.369 e. The fourth-order valence-corrected chi connectivity index (χ4v) is 3.71. The number of nitro benzene ring substituents is 1. The van der Waals surface area contributed by atoms with Gasteiger partial charge in [-0.15, -0.1) is 11.3 Å². The lowest BCUT2D eigenvalue weighted by Crippen LogP contribution is -2.44. The summed E-state index contributed by atoms with van der Waals surface area (Å²) >= 11 is 1.46. The van der Waals surface area contributed by atoms with E-state index >= 15 is 0 Å². The first-order valence-corrected chi connectivity index (χ1v) is 8.82. The van der Waals surface area contributed by atoms with Crippen LogP contribution in [0.4, 0.5) is 15.8 Å². The smallest absolute Gasteiger partial charge is 0.272 e. The van der Waals surface area contributed by atoms with Crippen molar-refractivity contribution in [1.82, 2.24) is 5.32 Å². The molecule has 0 spiro atoms. The fraction of sp³-hybridized carbons (Fsp3) is 0.353. The van der Waals surface area contributed by atoms with Gasteiger partial charge in [-0.25, -0.2) is 4.39 Å². The van der Waals surface area contributed by atoms with Crippen LogP contribution in [0.2, 0.25) is 0 Å². The molecule has 1 amide bonds. The minimum absolute atomic E-state index is 0.0484. The summed E-state index contributed by atoms with van der Waals surface area (Å²) in [5.74, 6) is -0.663. The Morgan fingerprint density at radius 2 is 2.04 bits per heavy atom. The Morgan fingerprint density at radius 3 is 2.60 bits per heavy atom. The van der Waals surface area contributed by atoms with E-state index in [0.29, 0.717) is 36.5 Å². The van der Waals surface area contributed by atoms with Gasteiger partial charge in [0.2, 0.25) is 0 Å². The van der Waals surface area contributed by atoms with Gasteiger partial charge in [-0.3, -0.25) is 14.9 Å². The SMILES string of the molecule is Cc1ccc(C(=O)NC2CCN(c3ccc([N+](=O)[O-])cc3F)CC2)s1. The maximum atomic E-state index is 14.1. The third-order valence-corrected chi connectivity index (χ3v) is 5.28. The van der Waals surface area contributed by atoms with Crippen LogP contribution in [0, 0.1) is 22.9 Å². The fourth-order valence-electron chi connectivity index (χ4n) is 2.94. The van der Waals surface area contributed by atoms with Crippen molar-refractivity contribution in [3.8, 4) is 0 Å². The molecular formula is C17H18FN3O3S. The molecule has 1 aliphatic heterocycles. The largest absolute Gasteiger partial charge is 0.369 e. The number of nitrogens with one attached hydrogen (secondary N) is 1. The van der Waals surface area contributed by atoms with Crippen molar-refractivity contribution >= 4 is 28.6 Å². The highest BCUT2D eigenvalue weighted by atomic mass is 32.1. The molecule has 1 fully saturated rings. The molecule has 6 nitrogen and oxygen atoms in total. The molecule has 0 aliphatic carbocycles. The molecule has 0 radical (unpaired) electrons. The van der Waals surface area contributed by atoms with E-state index in [0.717, 1.165) is 10.9 Å². The maximum absolute atomic E-state index is 14.1. The Morgan fingerprint density at radius 1 is 1.32 bits per heavy atom. The Labute approximate surface area is 148 Å². The highest BCUT2D eigenvalue weighted by Gasteiger charge is 2.24. The molecule has 2 aromatic rings. The van der Waals surface area contributed by atoms with E-state index < -0.39 is 10.7 Å². The van der Waals surface area contributed by atoms with Crippen molar-refractivity contribution in [3.05, 3.63) is 56.0 Å². The summed E-state index contributed by atoms with van der Waals surface area (Å²) in [7, 11) is 0. The van der Waals surface area contributed by atoms with E-state index in [4.69, 9.17) is 0 Å². The molecule has 8 heteroatoms. The molecule has 1 aliphatic rings. The third kappa shape index (κ3) is 3.96. The van der Waals surface area contributed by atoms with Gasteiger partial charge in [0.05, 0.1) is 21.6 Å². The molecule has 0 bridgehead atoms. The van der Waals surface area contributed by atoms with Crippen LogP contribution in [-0.4, -0.2) is 30.0 Å². The number of anilines is 1. The Hall–Kier alpha value is -2.48. The second-order valence-electron chi connectivity index (χ2n) is 6.04. The summed E-state index contributed by atoms with van der Waals surface area (Å²) in [6.45, 7) is 3.13. The van der Waals surface area contributed by atoms with Crippen LogP contribution < -0.4 is 10.2 Å². The number of halogens is 1.